The van der Waals surface area contributed by atoms with Gasteiger partial charge in [0.15, 0.2) is 11.6 Å². The zero-order valence-electron chi connectivity index (χ0n) is 12.0. The lowest BCUT2D eigenvalue weighted by Gasteiger charge is -2.13. The van der Waals surface area contributed by atoms with Crippen LogP contribution in [0.3, 0.4) is 0 Å². The van der Waals surface area contributed by atoms with E-state index in [9.17, 15) is 9.18 Å². The minimum absolute atomic E-state index is 0.00621. The van der Waals surface area contributed by atoms with Gasteiger partial charge >= 0.3 is 0 Å². The van der Waals surface area contributed by atoms with Gasteiger partial charge < -0.3 is 10.1 Å². The predicted molar refractivity (Wildman–Crippen MR) is 83.0 cm³/mol. The van der Waals surface area contributed by atoms with Gasteiger partial charge in [-0.3, -0.25) is 4.79 Å². The van der Waals surface area contributed by atoms with Gasteiger partial charge in [-0.1, -0.05) is 23.7 Å². The molecule has 0 aliphatic carbocycles. The summed E-state index contributed by atoms with van der Waals surface area (Å²) in [6, 6.07) is 11.1. The van der Waals surface area contributed by atoms with Gasteiger partial charge in [-0.15, -0.1) is 0 Å². The second-order valence-electron chi connectivity index (χ2n) is 5.23. The van der Waals surface area contributed by atoms with E-state index in [-0.39, 0.29) is 28.9 Å². The topological polar surface area (TPSA) is 62.1 Å². The number of rotatable bonds is 3. The number of nitrogens with zero attached hydrogens (tertiary/aromatic N) is 1. The van der Waals surface area contributed by atoms with Crippen molar-refractivity contribution in [2.75, 3.05) is 6.54 Å². The molecule has 0 spiro atoms. The van der Waals surface area contributed by atoms with E-state index in [0.29, 0.717) is 18.0 Å². The highest BCUT2D eigenvalue weighted by Gasteiger charge is 2.24. The van der Waals surface area contributed by atoms with Crippen LogP contribution in [0.1, 0.15) is 23.5 Å². The molecule has 4 nitrogen and oxygen atoms in total. The van der Waals surface area contributed by atoms with E-state index in [0.717, 1.165) is 5.56 Å². The van der Waals surface area contributed by atoms with Crippen LogP contribution in [0.25, 0.3) is 0 Å². The van der Waals surface area contributed by atoms with Gasteiger partial charge in [0.25, 0.3) is 0 Å². The molecule has 2 aromatic carbocycles. The van der Waals surface area contributed by atoms with Crippen LogP contribution in [0.2, 0.25) is 5.02 Å². The van der Waals surface area contributed by atoms with Gasteiger partial charge in [-0.05, 0) is 29.8 Å². The van der Waals surface area contributed by atoms with Crippen LogP contribution in [0, 0.1) is 17.1 Å². The number of nitrogens with one attached hydrogen (secondary N) is 1. The molecule has 0 saturated carbocycles. The van der Waals surface area contributed by atoms with E-state index < -0.39 is 5.82 Å². The molecule has 116 valence electrons. The number of hydrogen-bond donors (Lipinski definition) is 1. The lowest BCUT2D eigenvalue weighted by Crippen LogP contribution is -2.13. The Morgan fingerprint density at radius 1 is 1.35 bits per heavy atom. The van der Waals surface area contributed by atoms with Gasteiger partial charge in [-0.2, -0.15) is 5.26 Å². The van der Waals surface area contributed by atoms with Crippen LogP contribution in [0.5, 0.6) is 11.5 Å². The first-order valence-corrected chi connectivity index (χ1v) is 7.39. The minimum atomic E-state index is -0.636. The van der Waals surface area contributed by atoms with Crippen molar-refractivity contribution in [1.82, 2.24) is 5.32 Å². The van der Waals surface area contributed by atoms with E-state index >= 15 is 0 Å². The molecule has 1 unspecified atom stereocenters. The Hall–Kier alpha value is -2.58. The first-order chi connectivity index (χ1) is 11.1. The number of para-hydroxylation sites is 1. The summed E-state index contributed by atoms with van der Waals surface area (Å²) in [4.78, 5) is 11.3. The lowest BCUT2D eigenvalue weighted by molar-refractivity contribution is -0.119. The number of carbonyl (C=O) groups excluding carboxylic acids is 1. The van der Waals surface area contributed by atoms with Crippen molar-refractivity contribution in [3.8, 4) is 17.6 Å². The van der Waals surface area contributed by atoms with Crippen molar-refractivity contribution in [1.29, 1.82) is 5.26 Å². The summed E-state index contributed by atoms with van der Waals surface area (Å²) >= 11 is 6.12. The molecule has 1 aliphatic heterocycles. The molecule has 1 fully saturated rings. The molecule has 0 radical (unpaired) electrons. The Morgan fingerprint density at radius 2 is 2.17 bits per heavy atom. The number of ether oxygens (including phenoxy) is 1. The maximum absolute atomic E-state index is 13.9. The van der Waals surface area contributed by atoms with Crippen molar-refractivity contribution in [3.05, 3.63) is 58.4 Å². The molecule has 1 saturated heterocycles. The molecular weight excluding hydrogens is 319 g/mol. The monoisotopic (exact) mass is 330 g/mol. The first-order valence-electron chi connectivity index (χ1n) is 7.01. The van der Waals surface area contributed by atoms with Crippen molar-refractivity contribution < 1.29 is 13.9 Å². The summed E-state index contributed by atoms with van der Waals surface area (Å²) in [5, 5.41) is 12.1. The average Bonchev–Trinajstić information content (AvgIpc) is 2.97. The lowest BCUT2D eigenvalue weighted by atomic mass is 9.98. The number of amides is 1. The summed E-state index contributed by atoms with van der Waals surface area (Å²) < 4.78 is 19.5. The Morgan fingerprint density at radius 3 is 2.87 bits per heavy atom. The second kappa shape index (κ2) is 6.27. The SMILES string of the molecule is N#Cc1cccc(F)c1Oc1cc(C2CNC(=O)C2)ccc1Cl. The van der Waals surface area contributed by atoms with Crippen LogP contribution in [-0.4, -0.2) is 12.5 Å². The highest BCUT2D eigenvalue weighted by molar-refractivity contribution is 6.32. The van der Waals surface area contributed by atoms with Gasteiger partial charge in [0.1, 0.15) is 11.8 Å². The molecule has 1 amide bonds. The smallest absolute Gasteiger partial charge is 0.220 e. The molecule has 1 aliphatic rings. The van der Waals surface area contributed by atoms with E-state index in [1.807, 2.05) is 12.1 Å². The van der Waals surface area contributed by atoms with Gasteiger partial charge in [-0.25, -0.2) is 4.39 Å². The number of carbonyl (C=O) groups is 1. The van der Waals surface area contributed by atoms with Crippen molar-refractivity contribution in [3.63, 3.8) is 0 Å². The molecule has 6 heteroatoms. The number of nitriles is 1. The van der Waals surface area contributed by atoms with Crippen molar-refractivity contribution in [2.45, 2.75) is 12.3 Å². The molecule has 1 N–H and O–H groups in total. The third kappa shape index (κ3) is 3.13. The summed E-state index contributed by atoms with van der Waals surface area (Å²) in [7, 11) is 0. The third-order valence-electron chi connectivity index (χ3n) is 3.70. The fourth-order valence-electron chi connectivity index (χ4n) is 2.50. The van der Waals surface area contributed by atoms with E-state index in [2.05, 4.69) is 5.32 Å². The van der Waals surface area contributed by atoms with Crippen molar-refractivity contribution >= 4 is 17.5 Å². The zero-order chi connectivity index (χ0) is 16.4. The van der Waals surface area contributed by atoms with Gasteiger partial charge in [0.05, 0.1) is 10.6 Å². The normalized spacial score (nSPS) is 16.7. The molecular formula is C17H12ClFN2O2. The van der Waals surface area contributed by atoms with Crippen molar-refractivity contribution in [2.24, 2.45) is 0 Å². The first kappa shape index (κ1) is 15.3. The summed E-state index contributed by atoms with van der Waals surface area (Å²) in [6.07, 6.45) is 0.393. The quantitative estimate of drug-likeness (QED) is 0.932. The highest BCUT2D eigenvalue weighted by atomic mass is 35.5. The van der Waals surface area contributed by atoms with Crippen LogP contribution in [-0.2, 0) is 4.79 Å². The van der Waals surface area contributed by atoms with E-state index in [1.165, 1.54) is 18.2 Å². The number of halogens is 2. The Bertz CT molecular complexity index is 817. The molecule has 1 heterocycles. The fraction of sp³-hybridized carbons (Fsp3) is 0.176. The average molecular weight is 331 g/mol. The maximum Gasteiger partial charge on any atom is 0.220 e. The molecule has 0 aromatic heterocycles. The summed E-state index contributed by atoms with van der Waals surface area (Å²) in [5.41, 5.74) is 0.960. The highest BCUT2D eigenvalue weighted by Crippen LogP contribution is 2.36. The van der Waals surface area contributed by atoms with Gasteiger partial charge in [0, 0.05) is 18.9 Å². The number of benzene rings is 2. The molecule has 23 heavy (non-hydrogen) atoms. The van der Waals surface area contributed by atoms with E-state index in [1.54, 1.807) is 12.1 Å². The minimum Gasteiger partial charge on any atom is -0.451 e. The molecule has 2 aromatic rings. The third-order valence-corrected chi connectivity index (χ3v) is 4.02. The van der Waals surface area contributed by atoms with Gasteiger partial charge in [0.2, 0.25) is 5.91 Å². The summed E-state index contributed by atoms with van der Waals surface area (Å²) in [5.74, 6) is -0.519. The van der Waals surface area contributed by atoms with Crippen LogP contribution < -0.4 is 10.1 Å². The van der Waals surface area contributed by atoms with Crippen LogP contribution in [0.4, 0.5) is 4.39 Å². The zero-order valence-corrected chi connectivity index (χ0v) is 12.7. The maximum atomic E-state index is 13.9. The Balaban J connectivity index is 1.95. The van der Waals surface area contributed by atoms with E-state index in [4.69, 9.17) is 21.6 Å². The fourth-order valence-corrected chi connectivity index (χ4v) is 2.66. The Kier molecular flexibility index (Phi) is 4.18. The summed E-state index contributed by atoms with van der Waals surface area (Å²) in [6.45, 7) is 0.545. The molecule has 0 bridgehead atoms. The second-order valence-corrected chi connectivity index (χ2v) is 5.63. The standard InChI is InChI=1S/C17H12ClFN2O2/c18-13-5-4-10(12-7-16(22)21-9-12)6-15(13)23-17-11(8-20)2-1-3-14(17)19/h1-6,12H,7,9H2,(H,21,22). The van der Waals surface area contributed by atoms with Crippen LogP contribution >= 0.6 is 11.6 Å². The predicted octanol–water partition coefficient (Wildman–Crippen LogP) is 3.75. The van der Waals surface area contributed by atoms with Crippen LogP contribution in [0.15, 0.2) is 36.4 Å². The largest absolute Gasteiger partial charge is 0.451 e. The molecule has 3 rings (SSSR count). The number of hydrogen-bond acceptors (Lipinski definition) is 3. The Labute approximate surface area is 137 Å². The molecule has 1 atom stereocenters.